The monoisotopic (exact) mass is 307 g/mol. The average molecular weight is 307 g/mol. The molecule has 3 heterocycles. The summed E-state index contributed by atoms with van der Waals surface area (Å²) < 4.78 is 7.23. The molecule has 114 valence electrons. The molecule has 0 saturated carbocycles. The first-order valence-corrected chi connectivity index (χ1v) is 8.45. The van der Waals surface area contributed by atoms with Gasteiger partial charge in [-0.15, -0.1) is 11.3 Å². The third-order valence-corrected chi connectivity index (χ3v) is 4.70. The van der Waals surface area contributed by atoms with Crippen molar-refractivity contribution in [3.8, 4) is 0 Å². The van der Waals surface area contributed by atoms with Gasteiger partial charge in [-0.1, -0.05) is 6.92 Å². The fourth-order valence-corrected chi connectivity index (χ4v) is 3.85. The molecule has 6 heteroatoms. The summed E-state index contributed by atoms with van der Waals surface area (Å²) in [6.07, 6.45) is 2.49. The molecule has 5 nitrogen and oxygen atoms in total. The molecule has 1 aliphatic heterocycles. The Balaban J connectivity index is 1.90. The first kappa shape index (κ1) is 14.5. The summed E-state index contributed by atoms with van der Waals surface area (Å²) in [6.45, 7) is 7.60. The number of imidazole rings is 1. The maximum atomic E-state index is 11.7. The number of carbonyl (C=O) groups excluding carboxylic acids is 1. The predicted molar refractivity (Wildman–Crippen MR) is 82.7 cm³/mol. The van der Waals surface area contributed by atoms with Crippen molar-refractivity contribution in [3.05, 3.63) is 22.5 Å². The molecule has 3 rings (SSSR count). The molecule has 0 aliphatic carbocycles. The SMILES string of the molecule is CCCN1CCc2nc3scc(CC(=O)OCC)n3c2C1. The summed E-state index contributed by atoms with van der Waals surface area (Å²) in [5, 5.41) is 2.03. The van der Waals surface area contributed by atoms with Gasteiger partial charge in [0.2, 0.25) is 0 Å². The van der Waals surface area contributed by atoms with Gasteiger partial charge in [0.1, 0.15) is 0 Å². The second-order valence-corrected chi connectivity index (χ2v) is 6.19. The van der Waals surface area contributed by atoms with Crippen molar-refractivity contribution in [1.29, 1.82) is 0 Å². The number of thiazole rings is 1. The molecular formula is C15H21N3O2S. The van der Waals surface area contributed by atoms with Crippen LogP contribution in [-0.4, -0.2) is 40.0 Å². The van der Waals surface area contributed by atoms with Crippen molar-refractivity contribution in [2.75, 3.05) is 19.7 Å². The third-order valence-electron chi connectivity index (χ3n) is 3.82. The van der Waals surface area contributed by atoms with Crippen molar-refractivity contribution in [2.24, 2.45) is 0 Å². The van der Waals surface area contributed by atoms with E-state index < -0.39 is 0 Å². The lowest BCUT2D eigenvalue weighted by Gasteiger charge is -2.26. The number of aromatic nitrogens is 2. The molecule has 0 amide bonds. The fraction of sp³-hybridized carbons (Fsp3) is 0.600. The number of esters is 1. The smallest absolute Gasteiger partial charge is 0.311 e. The zero-order valence-corrected chi connectivity index (χ0v) is 13.4. The molecular weight excluding hydrogens is 286 g/mol. The molecule has 2 aromatic heterocycles. The van der Waals surface area contributed by atoms with Crippen molar-refractivity contribution in [1.82, 2.24) is 14.3 Å². The van der Waals surface area contributed by atoms with Gasteiger partial charge in [0.25, 0.3) is 0 Å². The van der Waals surface area contributed by atoms with E-state index in [1.165, 1.54) is 11.4 Å². The number of hydrogen-bond acceptors (Lipinski definition) is 5. The van der Waals surface area contributed by atoms with Gasteiger partial charge in [-0.05, 0) is 19.9 Å². The van der Waals surface area contributed by atoms with E-state index in [-0.39, 0.29) is 5.97 Å². The van der Waals surface area contributed by atoms with Crippen LogP contribution in [0.25, 0.3) is 4.96 Å². The van der Waals surface area contributed by atoms with Gasteiger partial charge in [0, 0.05) is 30.6 Å². The molecule has 1 aliphatic rings. The summed E-state index contributed by atoms with van der Waals surface area (Å²) in [5.41, 5.74) is 3.45. The van der Waals surface area contributed by atoms with Gasteiger partial charge in [-0.3, -0.25) is 14.1 Å². The number of carbonyl (C=O) groups is 1. The van der Waals surface area contributed by atoms with E-state index in [1.807, 2.05) is 12.3 Å². The normalized spacial score (nSPS) is 15.3. The first-order chi connectivity index (χ1) is 10.2. The van der Waals surface area contributed by atoms with E-state index in [2.05, 4.69) is 16.2 Å². The van der Waals surface area contributed by atoms with Crippen LogP contribution in [0.2, 0.25) is 0 Å². The molecule has 0 N–H and O–H groups in total. The lowest BCUT2D eigenvalue weighted by molar-refractivity contribution is -0.142. The van der Waals surface area contributed by atoms with Gasteiger partial charge < -0.3 is 4.74 Å². The maximum absolute atomic E-state index is 11.7. The average Bonchev–Trinajstić information content (AvgIpc) is 2.99. The minimum absolute atomic E-state index is 0.166. The van der Waals surface area contributed by atoms with Crippen LogP contribution in [0.1, 0.15) is 37.4 Å². The fourth-order valence-electron chi connectivity index (χ4n) is 2.93. The molecule has 0 spiro atoms. The van der Waals surface area contributed by atoms with E-state index in [4.69, 9.17) is 9.72 Å². The van der Waals surface area contributed by atoms with Gasteiger partial charge in [-0.2, -0.15) is 0 Å². The molecule has 0 atom stereocenters. The Morgan fingerprint density at radius 1 is 1.48 bits per heavy atom. The van der Waals surface area contributed by atoms with Crippen LogP contribution < -0.4 is 0 Å². The highest BCUT2D eigenvalue weighted by Crippen LogP contribution is 2.26. The number of fused-ring (bicyclic) bond motifs is 3. The van der Waals surface area contributed by atoms with E-state index in [9.17, 15) is 4.79 Å². The topological polar surface area (TPSA) is 46.8 Å². The first-order valence-electron chi connectivity index (χ1n) is 7.57. The standard InChI is InChI=1S/C15H21N3O2S/c1-3-6-17-7-5-12-13(9-17)18-11(8-14(19)20-4-2)10-21-15(18)16-12/h10H,3-9H2,1-2H3. The highest BCUT2D eigenvalue weighted by atomic mass is 32.1. The van der Waals surface area contributed by atoms with Gasteiger partial charge >= 0.3 is 5.97 Å². The largest absolute Gasteiger partial charge is 0.466 e. The van der Waals surface area contributed by atoms with Crippen molar-refractivity contribution in [3.63, 3.8) is 0 Å². The zero-order valence-electron chi connectivity index (χ0n) is 12.6. The van der Waals surface area contributed by atoms with Crippen LogP contribution in [0, 0.1) is 0 Å². The minimum Gasteiger partial charge on any atom is -0.466 e. The quantitative estimate of drug-likeness (QED) is 0.795. The minimum atomic E-state index is -0.166. The molecule has 0 saturated heterocycles. The number of rotatable bonds is 5. The Morgan fingerprint density at radius 3 is 3.10 bits per heavy atom. The summed E-state index contributed by atoms with van der Waals surface area (Å²) in [7, 11) is 0. The van der Waals surface area contributed by atoms with Crippen LogP contribution in [-0.2, 0) is 28.9 Å². The van der Waals surface area contributed by atoms with Gasteiger partial charge in [-0.25, -0.2) is 4.98 Å². The lowest BCUT2D eigenvalue weighted by atomic mass is 10.1. The summed E-state index contributed by atoms with van der Waals surface area (Å²) >= 11 is 1.61. The van der Waals surface area contributed by atoms with Crippen molar-refractivity contribution >= 4 is 22.3 Å². The van der Waals surface area contributed by atoms with E-state index in [1.54, 1.807) is 11.3 Å². The Hall–Kier alpha value is -1.40. The van der Waals surface area contributed by atoms with Crippen LogP contribution >= 0.6 is 11.3 Å². The second kappa shape index (κ2) is 6.15. The van der Waals surface area contributed by atoms with Gasteiger partial charge in [0.05, 0.1) is 24.4 Å². The number of nitrogens with zero attached hydrogens (tertiary/aromatic N) is 3. The highest BCUT2D eigenvalue weighted by Gasteiger charge is 2.23. The highest BCUT2D eigenvalue weighted by molar-refractivity contribution is 7.15. The summed E-state index contributed by atoms with van der Waals surface area (Å²) in [4.78, 5) is 19.9. The van der Waals surface area contributed by atoms with E-state index in [0.717, 1.165) is 43.1 Å². The van der Waals surface area contributed by atoms with Crippen LogP contribution in [0.3, 0.4) is 0 Å². The number of hydrogen-bond donors (Lipinski definition) is 0. The molecule has 0 bridgehead atoms. The van der Waals surface area contributed by atoms with Crippen molar-refractivity contribution in [2.45, 2.75) is 39.7 Å². The molecule has 0 aromatic carbocycles. The molecule has 21 heavy (non-hydrogen) atoms. The lowest BCUT2D eigenvalue weighted by Crippen LogP contribution is -2.31. The Labute approximate surface area is 128 Å². The molecule has 2 aromatic rings. The Kier molecular flexibility index (Phi) is 4.26. The Bertz CT molecular complexity index is 647. The zero-order chi connectivity index (χ0) is 14.8. The molecule has 0 radical (unpaired) electrons. The molecule has 0 unspecified atom stereocenters. The number of ether oxygens (including phenoxy) is 1. The third kappa shape index (κ3) is 2.82. The molecule has 0 fully saturated rings. The van der Waals surface area contributed by atoms with E-state index >= 15 is 0 Å². The maximum Gasteiger partial charge on any atom is 0.311 e. The second-order valence-electron chi connectivity index (χ2n) is 5.36. The van der Waals surface area contributed by atoms with Crippen LogP contribution in [0.5, 0.6) is 0 Å². The van der Waals surface area contributed by atoms with Crippen LogP contribution in [0.4, 0.5) is 0 Å². The summed E-state index contributed by atoms with van der Waals surface area (Å²) in [6, 6.07) is 0. The van der Waals surface area contributed by atoms with Gasteiger partial charge in [0.15, 0.2) is 4.96 Å². The van der Waals surface area contributed by atoms with E-state index in [0.29, 0.717) is 13.0 Å². The van der Waals surface area contributed by atoms with Crippen molar-refractivity contribution < 1.29 is 9.53 Å². The van der Waals surface area contributed by atoms with Crippen LogP contribution in [0.15, 0.2) is 5.38 Å². The predicted octanol–water partition coefficient (Wildman–Crippen LogP) is 2.27. The Morgan fingerprint density at radius 2 is 2.33 bits per heavy atom. The summed E-state index contributed by atoms with van der Waals surface area (Å²) in [5.74, 6) is -0.166.